The van der Waals surface area contributed by atoms with E-state index in [0.717, 1.165) is 22.6 Å². The Labute approximate surface area is 157 Å². The first kappa shape index (κ1) is 16.8. The van der Waals surface area contributed by atoms with Crippen LogP contribution in [0.1, 0.15) is 11.1 Å². The second-order valence-electron chi connectivity index (χ2n) is 6.15. The van der Waals surface area contributed by atoms with Gasteiger partial charge in [0.2, 0.25) is 5.91 Å². The predicted molar refractivity (Wildman–Crippen MR) is 103 cm³/mol. The number of nitrogens with one attached hydrogen (secondary N) is 1. The lowest BCUT2D eigenvalue weighted by molar-refractivity contribution is -0.120. The molecule has 0 aliphatic rings. The summed E-state index contributed by atoms with van der Waals surface area (Å²) in [6.45, 7) is 0.406. The average molecular weight is 357 g/mol. The molecule has 3 aromatic heterocycles. The quantitative estimate of drug-likeness (QED) is 0.577. The molecule has 0 aliphatic heterocycles. The molecule has 0 spiro atoms. The Bertz CT molecular complexity index is 1010. The Morgan fingerprint density at radius 2 is 1.74 bits per heavy atom. The highest BCUT2D eigenvalue weighted by Gasteiger charge is 2.08. The summed E-state index contributed by atoms with van der Waals surface area (Å²) in [5.74, 6) is 0.692. The second-order valence-corrected chi connectivity index (χ2v) is 6.15. The summed E-state index contributed by atoms with van der Waals surface area (Å²) in [6.07, 6.45) is 9.58. The van der Waals surface area contributed by atoms with Gasteiger partial charge in [0.15, 0.2) is 5.82 Å². The predicted octanol–water partition coefficient (Wildman–Crippen LogP) is 2.92. The molecule has 134 valence electrons. The van der Waals surface area contributed by atoms with Crippen molar-refractivity contribution in [3.05, 3.63) is 96.7 Å². The van der Waals surface area contributed by atoms with Crippen LogP contribution in [0.25, 0.3) is 11.5 Å². The van der Waals surface area contributed by atoms with Gasteiger partial charge in [-0.05, 0) is 42.0 Å². The number of hydrogen-bond donors (Lipinski definition) is 1. The van der Waals surface area contributed by atoms with Gasteiger partial charge in [0, 0.05) is 48.8 Å². The molecule has 6 nitrogen and oxygen atoms in total. The molecular formula is C21H19N5O. The molecule has 1 N–H and O–H groups in total. The number of benzene rings is 1. The number of aromatic nitrogens is 4. The van der Waals surface area contributed by atoms with E-state index in [4.69, 9.17) is 0 Å². The first-order valence-electron chi connectivity index (χ1n) is 8.72. The van der Waals surface area contributed by atoms with Crippen molar-refractivity contribution in [2.45, 2.75) is 13.0 Å². The normalized spacial score (nSPS) is 10.7. The van der Waals surface area contributed by atoms with Crippen LogP contribution < -0.4 is 5.32 Å². The lowest BCUT2D eigenvalue weighted by Crippen LogP contribution is -2.25. The molecule has 3 heterocycles. The number of amides is 1. The molecule has 0 atom stereocenters. The molecule has 0 radical (unpaired) electrons. The second kappa shape index (κ2) is 7.70. The van der Waals surface area contributed by atoms with Crippen molar-refractivity contribution >= 4 is 5.91 Å². The third-order valence-corrected chi connectivity index (χ3v) is 4.27. The Balaban J connectivity index is 1.38. The topological polar surface area (TPSA) is 64.7 Å². The van der Waals surface area contributed by atoms with Crippen LogP contribution in [0.15, 0.2) is 85.6 Å². The summed E-state index contributed by atoms with van der Waals surface area (Å²) in [5, 5.41) is 7.18. The largest absolute Gasteiger partial charge is 0.352 e. The highest BCUT2D eigenvalue weighted by atomic mass is 16.1. The highest BCUT2D eigenvalue weighted by molar-refractivity contribution is 5.78. The zero-order chi connectivity index (χ0) is 18.5. The molecule has 27 heavy (non-hydrogen) atoms. The fourth-order valence-electron chi connectivity index (χ4n) is 2.90. The monoisotopic (exact) mass is 357 g/mol. The zero-order valence-electron chi connectivity index (χ0n) is 14.7. The van der Waals surface area contributed by atoms with Gasteiger partial charge in [-0.3, -0.25) is 4.79 Å². The molecule has 1 aromatic carbocycles. The Morgan fingerprint density at radius 1 is 0.926 bits per heavy atom. The van der Waals surface area contributed by atoms with E-state index in [-0.39, 0.29) is 5.91 Å². The summed E-state index contributed by atoms with van der Waals surface area (Å²) in [7, 11) is 0. The molecule has 0 saturated carbocycles. The maximum absolute atomic E-state index is 12.3. The molecule has 4 aromatic rings. The Hall–Kier alpha value is -3.67. The summed E-state index contributed by atoms with van der Waals surface area (Å²) in [5.41, 5.74) is 2.96. The first-order valence-corrected chi connectivity index (χ1v) is 8.72. The first-order chi connectivity index (χ1) is 13.3. The average Bonchev–Trinajstić information content (AvgIpc) is 3.41. The van der Waals surface area contributed by atoms with Gasteiger partial charge in [0.1, 0.15) is 0 Å². The minimum atomic E-state index is -0.0287. The van der Waals surface area contributed by atoms with Gasteiger partial charge in [-0.25, -0.2) is 9.67 Å². The SMILES string of the molecule is O=C(Cc1ccc(-n2cccc2)cc1)NCc1cccnc1-n1cccn1. The zero-order valence-corrected chi connectivity index (χ0v) is 14.7. The lowest BCUT2D eigenvalue weighted by atomic mass is 10.1. The summed E-state index contributed by atoms with van der Waals surface area (Å²) in [4.78, 5) is 16.7. The molecule has 0 aliphatic carbocycles. The third-order valence-electron chi connectivity index (χ3n) is 4.27. The van der Waals surface area contributed by atoms with E-state index >= 15 is 0 Å². The maximum atomic E-state index is 12.3. The minimum Gasteiger partial charge on any atom is -0.352 e. The van der Waals surface area contributed by atoms with Gasteiger partial charge < -0.3 is 9.88 Å². The van der Waals surface area contributed by atoms with E-state index in [1.807, 2.05) is 77.8 Å². The maximum Gasteiger partial charge on any atom is 0.224 e. The number of pyridine rings is 1. The molecular weight excluding hydrogens is 338 g/mol. The van der Waals surface area contributed by atoms with Gasteiger partial charge >= 0.3 is 0 Å². The third kappa shape index (κ3) is 3.95. The Kier molecular flexibility index (Phi) is 4.78. The van der Waals surface area contributed by atoms with Crippen molar-refractivity contribution in [3.63, 3.8) is 0 Å². The molecule has 0 bridgehead atoms. The van der Waals surface area contributed by atoms with E-state index in [9.17, 15) is 4.79 Å². The van der Waals surface area contributed by atoms with Crippen molar-refractivity contribution in [1.29, 1.82) is 0 Å². The van der Waals surface area contributed by atoms with E-state index in [1.54, 1.807) is 17.1 Å². The van der Waals surface area contributed by atoms with Crippen LogP contribution in [0.2, 0.25) is 0 Å². The smallest absolute Gasteiger partial charge is 0.224 e. The van der Waals surface area contributed by atoms with Crippen molar-refractivity contribution in [1.82, 2.24) is 24.6 Å². The van der Waals surface area contributed by atoms with Gasteiger partial charge in [0.25, 0.3) is 0 Å². The van der Waals surface area contributed by atoms with Crippen molar-refractivity contribution in [2.24, 2.45) is 0 Å². The molecule has 0 saturated heterocycles. The van der Waals surface area contributed by atoms with Crippen LogP contribution in [-0.4, -0.2) is 25.2 Å². The molecule has 6 heteroatoms. The van der Waals surface area contributed by atoms with Crippen LogP contribution in [0.5, 0.6) is 0 Å². The Morgan fingerprint density at radius 3 is 2.48 bits per heavy atom. The highest BCUT2D eigenvalue weighted by Crippen LogP contribution is 2.12. The van der Waals surface area contributed by atoms with Gasteiger partial charge in [-0.1, -0.05) is 18.2 Å². The van der Waals surface area contributed by atoms with Crippen molar-refractivity contribution < 1.29 is 4.79 Å². The van der Waals surface area contributed by atoms with Crippen LogP contribution in [0.3, 0.4) is 0 Å². The summed E-state index contributed by atoms with van der Waals surface area (Å²) < 4.78 is 3.73. The van der Waals surface area contributed by atoms with Gasteiger partial charge in [-0.15, -0.1) is 0 Å². The fourth-order valence-corrected chi connectivity index (χ4v) is 2.90. The number of carbonyl (C=O) groups excluding carboxylic acids is 1. The van der Waals surface area contributed by atoms with E-state index in [2.05, 4.69) is 15.4 Å². The minimum absolute atomic E-state index is 0.0287. The molecule has 0 unspecified atom stereocenters. The number of rotatable bonds is 6. The van der Waals surface area contributed by atoms with E-state index < -0.39 is 0 Å². The molecule has 1 amide bonds. The van der Waals surface area contributed by atoms with Crippen LogP contribution in [0, 0.1) is 0 Å². The van der Waals surface area contributed by atoms with E-state index in [1.165, 1.54) is 0 Å². The lowest BCUT2D eigenvalue weighted by Gasteiger charge is -2.10. The molecule has 4 rings (SSSR count). The number of hydrogen-bond acceptors (Lipinski definition) is 3. The fraction of sp³-hybridized carbons (Fsp3) is 0.0952. The number of carbonyl (C=O) groups is 1. The van der Waals surface area contributed by atoms with E-state index in [0.29, 0.717) is 13.0 Å². The van der Waals surface area contributed by atoms with Gasteiger partial charge in [0.05, 0.1) is 6.42 Å². The standard InChI is InChI=1S/C21H19N5O/c27-20(15-17-6-8-19(9-7-17)25-12-1-2-13-25)23-16-18-5-3-10-22-21(18)26-14-4-11-24-26/h1-14H,15-16H2,(H,23,27). The summed E-state index contributed by atoms with van der Waals surface area (Å²) in [6, 6.07) is 17.6. The molecule has 0 fully saturated rings. The number of nitrogens with zero attached hydrogens (tertiary/aromatic N) is 4. The van der Waals surface area contributed by atoms with Crippen LogP contribution in [-0.2, 0) is 17.8 Å². The summed E-state index contributed by atoms with van der Waals surface area (Å²) >= 11 is 0. The van der Waals surface area contributed by atoms with Crippen molar-refractivity contribution in [2.75, 3.05) is 0 Å². The van der Waals surface area contributed by atoms with Crippen molar-refractivity contribution in [3.8, 4) is 11.5 Å². The van der Waals surface area contributed by atoms with Crippen LogP contribution >= 0.6 is 0 Å². The van der Waals surface area contributed by atoms with Crippen LogP contribution in [0.4, 0.5) is 0 Å². The van der Waals surface area contributed by atoms with Gasteiger partial charge in [-0.2, -0.15) is 5.10 Å².